The summed E-state index contributed by atoms with van der Waals surface area (Å²) in [5.74, 6) is 0. The molecule has 2 atom stereocenters. The molecule has 7 rings (SSSR count). The Labute approximate surface area is 229 Å². The van der Waals surface area contributed by atoms with E-state index in [1.807, 2.05) is 0 Å². The maximum atomic E-state index is 3.76. The van der Waals surface area contributed by atoms with Crippen LogP contribution in [0, 0.1) is 0 Å². The molecule has 192 valence electrons. The zero-order valence-electron chi connectivity index (χ0n) is 22.6. The van der Waals surface area contributed by atoms with Crippen molar-refractivity contribution >= 4 is 33.2 Å². The second kappa shape index (κ2) is 9.14. The number of H-pyrrole nitrogens is 1. The molecule has 2 heterocycles. The number of fused-ring (bicyclic) bond motifs is 3. The van der Waals surface area contributed by atoms with Gasteiger partial charge in [0.15, 0.2) is 0 Å². The van der Waals surface area contributed by atoms with Gasteiger partial charge in [0.05, 0.1) is 12.1 Å². The maximum absolute atomic E-state index is 3.76. The van der Waals surface area contributed by atoms with Gasteiger partial charge in [0.1, 0.15) is 0 Å². The number of benzene rings is 5. The number of nitrogens with one attached hydrogen (secondary N) is 3. The van der Waals surface area contributed by atoms with Crippen LogP contribution in [0.2, 0.25) is 0 Å². The summed E-state index contributed by atoms with van der Waals surface area (Å²) in [4.78, 5) is 3.61. The van der Waals surface area contributed by atoms with Crippen molar-refractivity contribution in [3.8, 4) is 11.1 Å². The molecule has 1 aliphatic rings. The molecule has 3 heteroatoms. The lowest BCUT2D eigenvalue weighted by Crippen LogP contribution is -2.10. The van der Waals surface area contributed by atoms with Crippen LogP contribution in [-0.4, -0.2) is 4.98 Å². The summed E-state index contributed by atoms with van der Waals surface area (Å²) in [6, 6.07) is 42.3. The Morgan fingerprint density at radius 3 is 2.15 bits per heavy atom. The molecule has 0 amide bonds. The largest absolute Gasteiger partial charge is 0.355 e. The van der Waals surface area contributed by atoms with Gasteiger partial charge in [-0.15, -0.1) is 0 Å². The van der Waals surface area contributed by atoms with Crippen LogP contribution in [0.15, 0.2) is 115 Å². The molecule has 3 N–H and O–H groups in total. The van der Waals surface area contributed by atoms with Gasteiger partial charge in [-0.25, -0.2) is 0 Å². The number of aromatic nitrogens is 1. The minimum Gasteiger partial charge on any atom is -0.355 e. The Morgan fingerprint density at radius 2 is 1.36 bits per heavy atom. The Hall–Kier alpha value is -4.34. The lowest BCUT2D eigenvalue weighted by molar-refractivity contribution is 0.590. The molecule has 39 heavy (non-hydrogen) atoms. The summed E-state index contributed by atoms with van der Waals surface area (Å²) in [7, 11) is 0. The highest BCUT2D eigenvalue weighted by atomic mass is 15.1. The Kier molecular flexibility index (Phi) is 5.57. The summed E-state index contributed by atoms with van der Waals surface area (Å²) in [6.07, 6.45) is 0. The number of hydrogen-bond acceptors (Lipinski definition) is 2. The van der Waals surface area contributed by atoms with E-state index in [0.29, 0.717) is 12.1 Å². The van der Waals surface area contributed by atoms with E-state index < -0.39 is 0 Å². The molecule has 1 fully saturated rings. The van der Waals surface area contributed by atoms with Gasteiger partial charge in [-0.2, -0.15) is 0 Å². The first-order chi connectivity index (χ1) is 18.9. The van der Waals surface area contributed by atoms with Gasteiger partial charge in [0.25, 0.3) is 0 Å². The van der Waals surface area contributed by atoms with E-state index in [2.05, 4.69) is 152 Å². The average molecular weight is 508 g/mol. The molecule has 6 aromatic rings. The van der Waals surface area contributed by atoms with Gasteiger partial charge < -0.3 is 10.3 Å². The van der Waals surface area contributed by atoms with E-state index in [4.69, 9.17) is 0 Å². The molecule has 3 nitrogen and oxygen atoms in total. The van der Waals surface area contributed by atoms with Crippen molar-refractivity contribution in [1.29, 1.82) is 0 Å². The smallest absolute Gasteiger partial charge is 0.0524 e. The van der Waals surface area contributed by atoms with Crippen LogP contribution in [0.3, 0.4) is 0 Å². The van der Waals surface area contributed by atoms with E-state index in [1.165, 1.54) is 38.6 Å². The van der Waals surface area contributed by atoms with Gasteiger partial charge in [0, 0.05) is 38.7 Å². The van der Waals surface area contributed by atoms with Crippen LogP contribution < -0.4 is 10.6 Å². The zero-order valence-corrected chi connectivity index (χ0v) is 22.6. The molecule has 1 unspecified atom stereocenters. The van der Waals surface area contributed by atoms with Crippen LogP contribution in [0.25, 0.3) is 32.9 Å². The first-order valence-electron chi connectivity index (χ1n) is 13.8. The zero-order chi connectivity index (χ0) is 26.6. The fourth-order valence-corrected chi connectivity index (χ4v) is 5.73. The highest BCUT2D eigenvalue weighted by molar-refractivity contribution is 6.10. The SMILES string of the molecule is CC(C)(C)c1ccc(C2N[C@@H]2c2cccc(Nc3cc4[nH]c5ccccc5c4cc3-c3ccccc3)c2)cc1. The van der Waals surface area contributed by atoms with E-state index >= 15 is 0 Å². The Morgan fingerprint density at radius 1 is 0.615 bits per heavy atom. The summed E-state index contributed by atoms with van der Waals surface area (Å²) in [5, 5.41) is 9.95. The molecule has 0 aliphatic carbocycles. The standard InChI is InChI=1S/C36H33N3/c1-36(2,3)26-18-16-24(17-19-26)34-35(39-34)25-12-9-13-27(20-25)37-32-22-33-30(28-14-7-8-15-31(28)38-33)21-29(32)23-10-5-4-6-11-23/h4-22,34-35,37-39H,1-3H3/t34?,35-/m1/s1. The van der Waals surface area contributed by atoms with Crippen molar-refractivity contribution < 1.29 is 0 Å². The number of aromatic amines is 1. The third kappa shape index (κ3) is 4.49. The van der Waals surface area contributed by atoms with Crippen molar-refractivity contribution in [3.05, 3.63) is 132 Å². The number of hydrogen-bond donors (Lipinski definition) is 3. The van der Waals surface area contributed by atoms with Crippen LogP contribution >= 0.6 is 0 Å². The minimum atomic E-state index is 0.170. The summed E-state index contributed by atoms with van der Waals surface area (Å²) >= 11 is 0. The fourth-order valence-electron chi connectivity index (χ4n) is 5.73. The predicted molar refractivity (Wildman–Crippen MR) is 165 cm³/mol. The van der Waals surface area contributed by atoms with Crippen LogP contribution in [0.5, 0.6) is 0 Å². The Bertz CT molecular complexity index is 1790. The fraction of sp³-hybridized carbons (Fsp3) is 0.167. The molecule has 1 aliphatic heterocycles. The minimum absolute atomic E-state index is 0.170. The third-order valence-electron chi connectivity index (χ3n) is 7.97. The second-order valence-corrected chi connectivity index (χ2v) is 11.7. The van der Waals surface area contributed by atoms with Crippen LogP contribution in [0.1, 0.15) is 49.5 Å². The second-order valence-electron chi connectivity index (χ2n) is 11.7. The highest BCUT2D eigenvalue weighted by Gasteiger charge is 2.38. The molecular formula is C36H33N3. The maximum Gasteiger partial charge on any atom is 0.0524 e. The molecule has 0 radical (unpaired) electrons. The lowest BCUT2D eigenvalue weighted by Gasteiger charge is -2.19. The molecular weight excluding hydrogens is 474 g/mol. The summed E-state index contributed by atoms with van der Waals surface area (Å²) in [6.45, 7) is 6.79. The van der Waals surface area contributed by atoms with Gasteiger partial charge in [0.2, 0.25) is 0 Å². The quantitative estimate of drug-likeness (QED) is 0.204. The van der Waals surface area contributed by atoms with E-state index in [0.717, 1.165) is 22.4 Å². The molecule has 0 spiro atoms. The molecule has 1 aromatic heterocycles. The van der Waals surface area contributed by atoms with Crippen LogP contribution in [0.4, 0.5) is 11.4 Å². The molecule has 1 saturated heterocycles. The van der Waals surface area contributed by atoms with E-state index in [9.17, 15) is 0 Å². The van der Waals surface area contributed by atoms with Gasteiger partial charge in [-0.3, -0.25) is 5.32 Å². The van der Waals surface area contributed by atoms with Crippen LogP contribution in [-0.2, 0) is 5.41 Å². The number of rotatable bonds is 5. The number of para-hydroxylation sites is 1. The van der Waals surface area contributed by atoms with Gasteiger partial charge in [-0.1, -0.05) is 106 Å². The first-order valence-corrected chi connectivity index (χ1v) is 13.8. The third-order valence-corrected chi connectivity index (χ3v) is 7.97. The monoisotopic (exact) mass is 507 g/mol. The van der Waals surface area contributed by atoms with Crippen molar-refractivity contribution in [2.75, 3.05) is 5.32 Å². The summed E-state index contributed by atoms with van der Waals surface area (Å²) in [5.41, 5.74) is 11.1. The molecule has 5 aromatic carbocycles. The van der Waals surface area contributed by atoms with E-state index in [1.54, 1.807) is 0 Å². The lowest BCUT2D eigenvalue weighted by atomic mass is 9.86. The van der Waals surface area contributed by atoms with Crippen molar-refractivity contribution in [3.63, 3.8) is 0 Å². The normalized spacial score (nSPS) is 17.0. The highest BCUT2D eigenvalue weighted by Crippen LogP contribution is 2.44. The van der Waals surface area contributed by atoms with Crippen molar-refractivity contribution in [2.45, 2.75) is 38.3 Å². The summed E-state index contributed by atoms with van der Waals surface area (Å²) < 4.78 is 0. The predicted octanol–water partition coefficient (Wildman–Crippen LogP) is 9.41. The first kappa shape index (κ1) is 23.8. The average Bonchev–Trinajstić information content (AvgIpc) is 3.67. The van der Waals surface area contributed by atoms with Gasteiger partial charge >= 0.3 is 0 Å². The van der Waals surface area contributed by atoms with Gasteiger partial charge in [-0.05, 0) is 58.0 Å². The Balaban J connectivity index is 1.21. The van der Waals surface area contributed by atoms with Crippen molar-refractivity contribution in [2.24, 2.45) is 0 Å². The van der Waals surface area contributed by atoms with E-state index in [-0.39, 0.29) is 5.41 Å². The van der Waals surface area contributed by atoms with Crippen molar-refractivity contribution in [1.82, 2.24) is 10.3 Å². The topological polar surface area (TPSA) is 49.8 Å². The molecule has 0 saturated carbocycles. The molecule has 0 bridgehead atoms. The number of anilines is 2.